The van der Waals surface area contributed by atoms with Crippen molar-refractivity contribution < 1.29 is 21.6 Å². The zero-order valence-electron chi connectivity index (χ0n) is 12.2. The average Bonchev–Trinajstić information content (AvgIpc) is 2.95. The Kier molecular flexibility index (Phi) is 3.60. The molecule has 0 fully saturated rings. The van der Waals surface area contributed by atoms with Crippen LogP contribution in [0.4, 0.5) is 14.8 Å². The smallest absolute Gasteiger partial charge is 0.321 e. The third kappa shape index (κ3) is 3.17. The first-order valence-electron chi connectivity index (χ1n) is 6.76. The molecule has 1 aromatic carbocycles. The number of sulfonamides is 1. The summed E-state index contributed by atoms with van der Waals surface area (Å²) in [6, 6.07) is 4.61. The molecule has 2 heterocycles. The second-order valence-electron chi connectivity index (χ2n) is 5.43. The molecule has 0 amide bonds. The molecule has 0 aliphatic carbocycles. The van der Waals surface area contributed by atoms with Crippen LogP contribution in [0.2, 0.25) is 0 Å². The van der Waals surface area contributed by atoms with E-state index in [1.54, 1.807) is 11.0 Å². The maximum absolute atomic E-state index is 13.2. The summed E-state index contributed by atoms with van der Waals surface area (Å²) in [5, 5.41) is 12.1. The van der Waals surface area contributed by atoms with E-state index in [4.69, 9.17) is 9.56 Å². The summed E-state index contributed by atoms with van der Waals surface area (Å²) in [7, 11) is -3.80. The molecule has 0 saturated heterocycles. The lowest BCUT2D eigenvalue weighted by molar-refractivity contribution is -0.0106. The van der Waals surface area contributed by atoms with Crippen molar-refractivity contribution in [2.45, 2.75) is 30.7 Å². The fourth-order valence-electron chi connectivity index (χ4n) is 2.39. The first kappa shape index (κ1) is 15.8. The van der Waals surface area contributed by atoms with Gasteiger partial charge in [0.25, 0.3) is 5.89 Å². The van der Waals surface area contributed by atoms with Gasteiger partial charge in [-0.05, 0) is 29.7 Å². The van der Waals surface area contributed by atoms with Crippen LogP contribution in [0.25, 0.3) is 0 Å². The first-order chi connectivity index (χ1) is 10.6. The number of alkyl halides is 2. The number of halogens is 2. The summed E-state index contributed by atoms with van der Waals surface area (Å²) in [6.07, 6.45) is 0.598. The van der Waals surface area contributed by atoms with Crippen LogP contribution in [0.5, 0.6) is 0 Å². The van der Waals surface area contributed by atoms with Gasteiger partial charge in [0, 0.05) is 20.0 Å². The van der Waals surface area contributed by atoms with Crippen LogP contribution in [-0.2, 0) is 28.9 Å². The van der Waals surface area contributed by atoms with Crippen LogP contribution in [0.3, 0.4) is 0 Å². The normalized spacial score (nSPS) is 15.6. The number of nitrogens with two attached hydrogens (primary N) is 1. The van der Waals surface area contributed by atoms with Gasteiger partial charge in [0.1, 0.15) is 0 Å². The maximum atomic E-state index is 13.2. The molecule has 124 valence electrons. The topological polar surface area (TPSA) is 102 Å². The summed E-state index contributed by atoms with van der Waals surface area (Å²) >= 11 is 0. The Bertz CT molecular complexity index is 845. The standard InChI is InChI=1S/C13H14F2N4O3S/c1-13(14,15)11-17-18-12(22-11)19-5-4-8-2-3-10(23(16,20)21)6-9(8)7-19/h2-3,6H,4-5,7H2,1H3,(H2,16,20,21). The second-order valence-corrected chi connectivity index (χ2v) is 6.99. The summed E-state index contributed by atoms with van der Waals surface area (Å²) in [5.74, 6) is -3.96. The lowest BCUT2D eigenvalue weighted by Gasteiger charge is -2.27. The van der Waals surface area contributed by atoms with Gasteiger partial charge in [-0.2, -0.15) is 8.78 Å². The molecule has 10 heteroatoms. The molecule has 0 unspecified atom stereocenters. The van der Waals surface area contributed by atoms with Gasteiger partial charge in [-0.1, -0.05) is 11.2 Å². The van der Waals surface area contributed by atoms with Gasteiger partial charge in [-0.3, -0.25) is 0 Å². The summed E-state index contributed by atoms with van der Waals surface area (Å²) < 4.78 is 54.2. The molecule has 3 rings (SSSR count). The monoisotopic (exact) mass is 344 g/mol. The van der Waals surface area contributed by atoms with Gasteiger partial charge < -0.3 is 9.32 Å². The van der Waals surface area contributed by atoms with E-state index in [2.05, 4.69) is 10.2 Å². The van der Waals surface area contributed by atoms with Crippen molar-refractivity contribution in [3.63, 3.8) is 0 Å². The lowest BCUT2D eigenvalue weighted by atomic mass is 10.0. The highest BCUT2D eigenvalue weighted by Gasteiger charge is 2.33. The molecule has 23 heavy (non-hydrogen) atoms. The lowest BCUT2D eigenvalue weighted by Crippen LogP contribution is -2.31. The van der Waals surface area contributed by atoms with E-state index in [1.165, 1.54) is 12.1 Å². The molecule has 1 aliphatic heterocycles. The van der Waals surface area contributed by atoms with Gasteiger partial charge in [-0.25, -0.2) is 13.6 Å². The van der Waals surface area contributed by atoms with E-state index in [0.29, 0.717) is 19.9 Å². The number of fused-ring (bicyclic) bond motifs is 1. The van der Waals surface area contributed by atoms with Crippen molar-refractivity contribution in [2.24, 2.45) is 5.14 Å². The minimum Gasteiger partial charge on any atom is -0.401 e. The fourth-order valence-corrected chi connectivity index (χ4v) is 2.96. The van der Waals surface area contributed by atoms with Crippen molar-refractivity contribution in [3.05, 3.63) is 35.2 Å². The number of nitrogens with zero attached hydrogens (tertiary/aromatic N) is 3. The summed E-state index contributed by atoms with van der Waals surface area (Å²) in [6.45, 7) is 1.45. The quantitative estimate of drug-likeness (QED) is 0.903. The van der Waals surface area contributed by atoms with E-state index in [1.807, 2.05) is 0 Å². The number of anilines is 1. The van der Waals surface area contributed by atoms with E-state index >= 15 is 0 Å². The molecule has 0 radical (unpaired) electrons. The minimum absolute atomic E-state index is 0.00408. The molecule has 1 aromatic heterocycles. The molecule has 2 N–H and O–H groups in total. The largest absolute Gasteiger partial charge is 0.401 e. The third-order valence-corrected chi connectivity index (χ3v) is 4.49. The van der Waals surface area contributed by atoms with Gasteiger partial charge in [-0.15, -0.1) is 5.10 Å². The average molecular weight is 344 g/mol. The zero-order valence-corrected chi connectivity index (χ0v) is 13.0. The molecular weight excluding hydrogens is 330 g/mol. The number of aromatic nitrogens is 2. The van der Waals surface area contributed by atoms with E-state index in [-0.39, 0.29) is 17.5 Å². The van der Waals surface area contributed by atoms with Crippen LogP contribution in [0, 0.1) is 0 Å². The van der Waals surface area contributed by atoms with Crippen molar-refractivity contribution >= 4 is 16.0 Å². The molecule has 0 spiro atoms. The molecular formula is C13H14F2N4O3S. The molecule has 0 saturated carbocycles. The Hall–Kier alpha value is -2.07. The Balaban J connectivity index is 1.89. The number of hydrogen-bond donors (Lipinski definition) is 1. The molecule has 2 aromatic rings. The third-order valence-electron chi connectivity index (χ3n) is 3.58. The van der Waals surface area contributed by atoms with E-state index in [9.17, 15) is 17.2 Å². The predicted molar refractivity (Wildman–Crippen MR) is 76.4 cm³/mol. The van der Waals surface area contributed by atoms with Crippen LogP contribution in [0.1, 0.15) is 23.9 Å². The highest BCUT2D eigenvalue weighted by molar-refractivity contribution is 7.89. The first-order valence-corrected chi connectivity index (χ1v) is 8.30. The van der Waals surface area contributed by atoms with E-state index < -0.39 is 21.8 Å². The van der Waals surface area contributed by atoms with Gasteiger partial charge >= 0.3 is 11.9 Å². The van der Waals surface area contributed by atoms with Crippen LogP contribution < -0.4 is 10.0 Å². The zero-order chi connectivity index (χ0) is 16.8. The number of rotatable bonds is 3. The maximum Gasteiger partial charge on any atom is 0.321 e. The van der Waals surface area contributed by atoms with Crippen molar-refractivity contribution in [1.82, 2.24) is 10.2 Å². The van der Waals surface area contributed by atoms with Crippen LogP contribution >= 0.6 is 0 Å². The van der Waals surface area contributed by atoms with Gasteiger partial charge in [0.15, 0.2) is 0 Å². The summed E-state index contributed by atoms with van der Waals surface area (Å²) in [5.41, 5.74) is 1.69. The Morgan fingerprint density at radius 3 is 2.65 bits per heavy atom. The number of benzene rings is 1. The van der Waals surface area contributed by atoms with Gasteiger partial charge in [0.05, 0.1) is 4.90 Å². The van der Waals surface area contributed by atoms with Crippen molar-refractivity contribution in [2.75, 3.05) is 11.4 Å². The van der Waals surface area contributed by atoms with Crippen LogP contribution in [-0.4, -0.2) is 25.2 Å². The highest BCUT2D eigenvalue weighted by atomic mass is 32.2. The number of hydrogen-bond acceptors (Lipinski definition) is 6. The van der Waals surface area contributed by atoms with Gasteiger partial charge in [0.2, 0.25) is 10.0 Å². The SMILES string of the molecule is CC(F)(F)c1nnc(N2CCc3ccc(S(N)(=O)=O)cc3C2)o1. The summed E-state index contributed by atoms with van der Waals surface area (Å²) in [4.78, 5) is 1.63. The molecule has 0 bridgehead atoms. The molecule has 7 nitrogen and oxygen atoms in total. The fraction of sp³-hybridized carbons (Fsp3) is 0.385. The molecule has 0 atom stereocenters. The highest BCUT2D eigenvalue weighted by Crippen LogP contribution is 2.30. The Morgan fingerprint density at radius 2 is 2.04 bits per heavy atom. The Labute approximate surface area is 131 Å². The second kappa shape index (κ2) is 5.24. The van der Waals surface area contributed by atoms with Crippen molar-refractivity contribution in [3.8, 4) is 0 Å². The van der Waals surface area contributed by atoms with Crippen molar-refractivity contribution in [1.29, 1.82) is 0 Å². The predicted octanol–water partition coefficient (Wildman–Crippen LogP) is 1.39. The minimum atomic E-state index is -3.80. The molecule has 1 aliphatic rings. The van der Waals surface area contributed by atoms with E-state index in [0.717, 1.165) is 11.1 Å². The number of primary sulfonamides is 1. The Morgan fingerprint density at radius 1 is 1.30 bits per heavy atom. The van der Waals surface area contributed by atoms with Crippen LogP contribution in [0.15, 0.2) is 27.5 Å².